The lowest BCUT2D eigenvalue weighted by molar-refractivity contribution is 0.212. The van der Waals surface area contributed by atoms with Crippen molar-refractivity contribution in [2.24, 2.45) is 17.6 Å². The molecule has 2 heterocycles. The molecule has 0 amide bonds. The van der Waals surface area contributed by atoms with E-state index in [2.05, 4.69) is 10.1 Å². The third-order valence-corrected chi connectivity index (χ3v) is 3.84. The van der Waals surface area contributed by atoms with E-state index in [9.17, 15) is 0 Å². The van der Waals surface area contributed by atoms with E-state index in [1.165, 1.54) is 19.3 Å². The van der Waals surface area contributed by atoms with E-state index in [-0.39, 0.29) is 0 Å². The van der Waals surface area contributed by atoms with Crippen molar-refractivity contribution in [3.05, 3.63) is 24.7 Å². The molecule has 0 saturated heterocycles. The minimum Gasteiger partial charge on any atom is -0.476 e. The highest BCUT2D eigenvalue weighted by molar-refractivity contribution is 5.54. The SMILES string of the molecule is NCC1CCCC1COc1nccn2nccc12. The van der Waals surface area contributed by atoms with Crippen molar-refractivity contribution < 1.29 is 4.74 Å². The monoisotopic (exact) mass is 246 g/mol. The fourth-order valence-corrected chi connectivity index (χ4v) is 2.77. The molecular formula is C13H18N4O. The van der Waals surface area contributed by atoms with Crippen molar-refractivity contribution in [3.8, 4) is 5.88 Å². The van der Waals surface area contributed by atoms with E-state index in [1.54, 1.807) is 16.9 Å². The molecular weight excluding hydrogens is 228 g/mol. The van der Waals surface area contributed by atoms with Crippen molar-refractivity contribution in [1.82, 2.24) is 14.6 Å². The van der Waals surface area contributed by atoms with Gasteiger partial charge in [0.1, 0.15) is 5.52 Å². The van der Waals surface area contributed by atoms with Crippen LogP contribution in [0.4, 0.5) is 0 Å². The van der Waals surface area contributed by atoms with Crippen molar-refractivity contribution in [2.45, 2.75) is 19.3 Å². The molecule has 1 aliphatic carbocycles. The fraction of sp³-hybridized carbons (Fsp3) is 0.538. The third kappa shape index (κ3) is 2.06. The highest BCUT2D eigenvalue weighted by atomic mass is 16.5. The fourth-order valence-electron chi connectivity index (χ4n) is 2.77. The van der Waals surface area contributed by atoms with Gasteiger partial charge in [-0.05, 0) is 37.3 Å². The Hall–Kier alpha value is -1.62. The van der Waals surface area contributed by atoms with Crippen LogP contribution in [-0.2, 0) is 0 Å². The van der Waals surface area contributed by atoms with Crippen LogP contribution < -0.4 is 10.5 Å². The molecule has 1 fully saturated rings. The van der Waals surface area contributed by atoms with Crippen molar-refractivity contribution >= 4 is 5.52 Å². The third-order valence-electron chi connectivity index (χ3n) is 3.84. The van der Waals surface area contributed by atoms with Gasteiger partial charge in [-0.25, -0.2) is 9.50 Å². The smallest absolute Gasteiger partial charge is 0.240 e. The lowest BCUT2D eigenvalue weighted by Gasteiger charge is -2.18. The highest BCUT2D eigenvalue weighted by Gasteiger charge is 2.26. The Bertz CT molecular complexity index is 524. The van der Waals surface area contributed by atoms with Crippen LogP contribution in [0.25, 0.3) is 5.52 Å². The zero-order valence-corrected chi connectivity index (χ0v) is 10.3. The number of nitrogens with zero attached hydrogens (tertiary/aromatic N) is 3. The number of rotatable bonds is 4. The summed E-state index contributed by atoms with van der Waals surface area (Å²) in [4.78, 5) is 4.28. The molecule has 0 bridgehead atoms. The molecule has 0 spiro atoms. The second kappa shape index (κ2) is 4.94. The molecule has 3 rings (SSSR count). The van der Waals surface area contributed by atoms with Gasteiger partial charge >= 0.3 is 0 Å². The van der Waals surface area contributed by atoms with Crippen molar-refractivity contribution in [3.63, 3.8) is 0 Å². The number of ether oxygens (including phenoxy) is 1. The normalized spacial score (nSPS) is 23.6. The Morgan fingerprint density at radius 3 is 3.11 bits per heavy atom. The number of aromatic nitrogens is 3. The number of nitrogens with two attached hydrogens (primary N) is 1. The largest absolute Gasteiger partial charge is 0.476 e. The molecule has 2 unspecified atom stereocenters. The summed E-state index contributed by atoms with van der Waals surface area (Å²) in [5.74, 6) is 1.84. The molecule has 2 aromatic rings. The summed E-state index contributed by atoms with van der Waals surface area (Å²) < 4.78 is 7.64. The quantitative estimate of drug-likeness (QED) is 0.887. The van der Waals surface area contributed by atoms with Crippen LogP contribution in [0.5, 0.6) is 5.88 Å². The summed E-state index contributed by atoms with van der Waals surface area (Å²) in [5, 5.41) is 4.17. The summed E-state index contributed by atoms with van der Waals surface area (Å²) in [6.45, 7) is 1.47. The topological polar surface area (TPSA) is 65.4 Å². The molecule has 1 saturated carbocycles. The average Bonchev–Trinajstić information content (AvgIpc) is 3.04. The molecule has 2 N–H and O–H groups in total. The highest BCUT2D eigenvalue weighted by Crippen LogP contribution is 2.31. The predicted octanol–water partition coefficient (Wildman–Crippen LogP) is 1.48. The predicted molar refractivity (Wildman–Crippen MR) is 68.4 cm³/mol. The summed E-state index contributed by atoms with van der Waals surface area (Å²) in [6.07, 6.45) is 8.99. The number of hydrogen-bond acceptors (Lipinski definition) is 4. The minimum absolute atomic E-state index is 0.569. The Morgan fingerprint density at radius 1 is 1.33 bits per heavy atom. The first-order valence-electron chi connectivity index (χ1n) is 6.49. The van der Waals surface area contributed by atoms with E-state index in [1.807, 2.05) is 12.3 Å². The molecule has 0 aliphatic heterocycles. The Morgan fingerprint density at radius 2 is 2.22 bits per heavy atom. The van der Waals surface area contributed by atoms with Gasteiger partial charge in [-0.15, -0.1) is 0 Å². The molecule has 0 aromatic carbocycles. The second-order valence-electron chi connectivity index (χ2n) is 4.89. The molecule has 5 nitrogen and oxygen atoms in total. The number of fused-ring (bicyclic) bond motifs is 1. The molecule has 18 heavy (non-hydrogen) atoms. The van der Waals surface area contributed by atoms with Crippen LogP contribution in [0.1, 0.15) is 19.3 Å². The van der Waals surface area contributed by atoms with Gasteiger partial charge in [0.2, 0.25) is 5.88 Å². The van der Waals surface area contributed by atoms with Crippen LogP contribution in [0.3, 0.4) is 0 Å². The van der Waals surface area contributed by atoms with Crippen LogP contribution in [0, 0.1) is 11.8 Å². The van der Waals surface area contributed by atoms with Gasteiger partial charge in [0.05, 0.1) is 12.8 Å². The van der Waals surface area contributed by atoms with Gasteiger partial charge in [-0.3, -0.25) is 0 Å². The van der Waals surface area contributed by atoms with Gasteiger partial charge in [0.25, 0.3) is 0 Å². The summed E-state index contributed by atoms with van der Waals surface area (Å²) >= 11 is 0. The van der Waals surface area contributed by atoms with Crippen LogP contribution in [0.2, 0.25) is 0 Å². The lowest BCUT2D eigenvalue weighted by atomic mass is 9.97. The average molecular weight is 246 g/mol. The van der Waals surface area contributed by atoms with Crippen LogP contribution in [-0.4, -0.2) is 27.7 Å². The Balaban J connectivity index is 1.71. The summed E-state index contributed by atoms with van der Waals surface area (Å²) in [7, 11) is 0. The minimum atomic E-state index is 0.569. The zero-order valence-electron chi connectivity index (χ0n) is 10.3. The molecule has 1 aliphatic rings. The second-order valence-corrected chi connectivity index (χ2v) is 4.89. The maximum absolute atomic E-state index is 5.87. The van der Waals surface area contributed by atoms with E-state index < -0.39 is 0 Å². The van der Waals surface area contributed by atoms with Crippen LogP contribution in [0.15, 0.2) is 24.7 Å². The van der Waals surface area contributed by atoms with Gasteiger partial charge in [0, 0.05) is 12.4 Å². The van der Waals surface area contributed by atoms with E-state index in [4.69, 9.17) is 10.5 Å². The zero-order chi connectivity index (χ0) is 12.4. The van der Waals surface area contributed by atoms with Gasteiger partial charge in [0.15, 0.2) is 0 Å². The van der Waals surface area contributed by atoms with E-state index in [0.717, 1.165) is 12.1 Å². The van der Waals surface area contributed by atoms with Gasteiger partial charge in [-0.2, -0.15) is 5.10 Å². The van der Waals surface area contributed by atoms with Crippen LogP contribution >= 0.6 is 0 Å². The Labute approximate surface area is 106 Å². The summed E-state index contributed by atoms with van der Waals surface area (Å²) in [6, 6.07) is 1.91. The maximum Gasteiger partial charge on any atom is 0.240 e. The molecule has 5 heteroatoms. The first-order chi connectivity index (χ1) is 8.88. The van der Waals surface area contributed by atoms with Gasteiger partial charge in [-0.1, -0.05) is 6.42 Å². The molecule has 96 valence electrons. The van der Waals surface area contributed by atoms with Gasteiger partial charge < -0.3 is 10.5 Å². The molecule has 2 aromatic heterocycles. The van der Waals surface area contributed by atoms with E-state index in [0.29, 0.717) is 24.3 Å². The Kier molecular flexibility index (Phi) is 3.15. The van der Waals surface area contributed by atoms with Crippen molar-refractivity contribution in [2.75, 3.05) is 13.2 Å². The lowest BCUT2D eigenvalue weighted by Crippen LogP contribution is -2.23. The standard InChI is InChI=1S/C13H18N4O/c14-8-10-2-1-3-11(10)9-18-13-12-4-5-16-17(12)7-6-15-13/h4-7,10-11H,1-3,8-9,14H2. The molecule has 2 atom stereocenters. The first-order valence-corrected chi connectivity index (χ1v) is 6.49. The molecule has 0 radical (unpaired) electrons. The van der Waals surface area contributed by atoms with Crippen molar-refractivity contribution in [1.29, 1.82) is 0 Å². The maximum atomic E-state index is 5.87. The summed E-state index contributed by atoms with van der Waals surface area (Å²) in [5.41, 5.74) is 6.70. The first kappa shape index (κ1) is 11.5. The number of hydrogen-bond donors (Lipinski definition) is 1. The van der Waals surface area contributed by atoms with E-state index >= 15 is 0 Å².